The third-order valence-electron chi connectivity index (χ3n) is 4.94. The van der Waals surface area contributed by atoms with Crippen LogP contribution in [-0.2, 0) is 6.42 Å². The van der Waals surface area contributed by atoms with E-state index in [1.54, 1.807) is 0 Å². The molecule has 0 saturated heterocycles. The van der Waals surface area contributed by atoms with Crippen molar-refractivity contribution in [1.82, 2.24) is 4.57 Å². The molecule has 110 valence electrons. The Labute approximate surface area is 126 Å². The van der Waals surface area contributed by atoms with Crippen LogP contribution in [0.4, 0.5) is 0 Å². The number of hydrogen-bond donors (Lipinski definition) is 0. The largest absolute Gasteiger partial charge is 0.348 e. The van der Waals surface area contributed by atoms with Crippen LogP contribution in [0.2, 0.25) is 0 Å². The second-order valence-corrected chi connectivity index (χ2v) is 8.34. The van der Waals surface area contributed by atoms with E-state index in [-0.39, 0.29) is 5.41 Å². The zero-order valence-electron chi connectivity index (χ0n) is 12.8. The zero-order chi connectivity index (χ0) is 14.3. The predicted molar refractivity (Wildman–Crippen MR) is 85.7 cm³/mol. The normalized spacial score (nSPS) is 29.2. The summed E-state index contributed by atoms with van der Waals surface area (Å²) in [5.41, 5.74) is 2.42. The van der Waals surface area contributed by atoms with E-state index in [1.807, 2.05) is 11.8 Å². The van der Waals surface area contributed by atoms with Gasteiger partial charge in [-0.2, -0.15) is 11.8 Å². The zero-order valence-corrected chi connectivity index (χ0v) is 13.6. The van der Waals surface area contributed by atoms with Gasteiger partial charge in [-0.1, -0.05) is 20.3 Å². The SMILES string of the molecule is CSC1CCCC(n2ccc3c2CC(C)(C)CC3=O)C1. The molecule has 1 saturated carbocycles. The summed E-state index contributed by atoms with van der Waals surface area (Å²) in [4.78, 5) is 12.3. The summed E-state index contributed by atoms with van der Waals surface area (Å²) in [6, 6.07) is 2.67. The van der Waals surface area contributed by atoms with Gasteiger partial charge in [0.1, 0.15) is 0 Å². The van der Waals surface area contributed by atoms with Crippen molar-refractivity contribution in [3.05, 3.63) is 23.5 Å². The van der Waals surface area contributed by atoms with Crippen molar-refractivity contribution in [1.29, 1.82) is 0 Å². The molecular formula is C17H25NOS. The molecule has 3 rings (SSSR count). The molecule has 2 unspecified atom stereocenters. The van der Waals surface area contributed by atoms with Crippen molar-refractivity contribution in [3.8, 4) is 0 Å². The number of carbonyl (C=O) groups is 1. The number of fused-ring (bicyclic) bond motifs is 1. The summed E-state index contributed by atoms with van der Waals surface area (Å²) >= 11 is 2.00. The van der Waals surface area contributed by atoms with Crippen molar-refractivity contribution in [2.24, 2.45) is 5.41 Å². The summed E-state index contributed by atoms with van der Waals surface area (Å²) in [7, 11) is 0. The van der Waals surface area contributed by atoms with Gasteiger partial charge in [0.2, 0.25) is 0 Å². The van der Waals surface area contributed by atoms with Crippen LogP contribution >= 0.6 is 11.8 Å². The Bertz CT molecular complexity index is 517. The third-order valence-corrected chi connectivity index (χ3v) is 6.03. The Kier molecular flexibility index (Phi) is 3.74. The van der Waals surface area contributed by atoms with Gasteiger partial charge >= 0.3 is 0 Å². The Morgan fingerprint density at radius 1 is 1.30 bits per heavy atom. The smallest absolute Gasteiger partial charge is 0.165 e. The Morgan fingerprint density at radius 2 is 2.10 bits per heavy atom. The van der Waals surface area contributed by atoms with E-state index in [1.165, 1.54) is 31.4 Å². The molecule has 0 bridgehead atoms. The average molecular weight is 291 g/mol. The summed E-state index contributed by atoms with van der Waals surface area (Å²) < 4.78 is 2.44. The van der Waals surface area contributed by atoms with Crippen LogP contribution in [0.15, 0.2) is 12.3 Å². The van der Waals surface area contributed by atoms with E-state index < -0.39 is 0 Å². The summed E-state index contributed by atoms with van der Waals surface area (Å²) in [5, 5.41) is 0.791. The lowest BCUT2D eigenvalue weighted by molar-refractivity contribution is 0.0909. The maximum Gasteiger partial charge on any atom is 0.165 e. The molecule has 2 aliphatic carbocycles. The molecular weight excluding hydrogens is 266 g/mol. The summed E-state index contributed by atoms with van der Waals surface area (Å²) in [5.74, 6) is 0.340. The highest BCUT2D eigenvalue weighted by molar-refractivity contribution is 7.99. The van der Waals surface area contributed by atoms with Crippen molar-refractivity contribution < 1.29 is 4.79 Å². The van der Waals surface area contributed by atoms with Crippen LogP contribution in [0, 0.1) is 5.41 Å². The number of carbonyl (C=O) groups excluding carboxylic acids is 1. The Morgan fingerprint density at radius 3 is 2.85 bits per heavy atom. The molecule has 3 heteroatoms. The van der Waals surface area contributed by atoms with E-state index in [2.05, 4.69) is 36.9 Å². The van der Waals surface area contributed by atoms with Crippen molar-refractivity contribution in [3.63, 3.8) is 0 Å². The molecule has 0 spiro atoms. The molecule has 0 aliphatic heterocycles. The molecule has 20 heavy (non-hydrogen) atoms. The van der Waals surface area contributed by atoms with Crippen molar-refractivity contribution in [2.45, 2.75) is 63.7 Å². The number of nitrogens with zero attached hydrogens (tertiary/aromatic N) is 1. The first kappa shape index (κ1) is 14.2. The fourth-order valence-electron chi connectivity index (χ4n) is 3.90. The van der Waals surface area contributed by atoms with Crippen molar-refractivity contribution >= 4 is 17.5 Å². The number of Topliss-reactive ketones (excluding diaryl/α,β-unsaturated/α-hetero) is 1. The lowest BCUT2D eigenvalue weighted by Gasteiger charge is -2.34. The van der Waals surface area contributed by atoms with Crippen LogP contribution in [0.25, 0.3) is 0 Å². The second kappa shape index (κ2) is 5.25. The Hall–Kier alpha value is -0.700. The van der Waals surface area contributed by atoms with Gasteiger partial charge in [-0.25, -0.2) is 0 Å². The molecule has 2 nitrogen and oxygen atoms in total. The van der Waals surface area contributed by atoms with Crippen molar-refractivity contribution in [2.75, 3.05) is 6.26 Å². The predicted octanol–water partition coefficient (Wildman–Crippen LogP) is 4.49. The van der Waals surface area contributed by atoms with Gasteiger partial charge in [-0.15, -0.1) is 0 Å². The monoisotopic (exact) mass is 291 g/mol. The lowest BCUT2D eigenvalue weighted by Crippen LogP contribution is -2.30. The minimum absolute atomic E-state index is 0.119. The molecule has 2 aliphatic rings. The van der Waals surface area contributed by atoms with Gasteiger partial charge in [0, 0.05) is 35.2 Å². The highest BCUT2D eigenvalue weighted by atomic mass is 32.2. The van der Waals surface area contributed by atoms with Gasteiger partial charge in [0.05, 0.1) is 0 Å². The van der Waals surface area contributed by atoms with Gasteiger partial charge < -0.3 is 4.57 Å². The molecule has 0 radical (unpaired) electrons. The number of rotatable bonds is 2. The molecule has 0 aromatic carbocycles. The fraction of sp³-hybridized carbons (Fsp3) is 0.706. The molecule has 1 fully saturated rings. The topological polar surface area (TPSA) is 22.0 Å². The van der Waals surface area contributed by atoms with Crippen LogP contribution in [0.1, 0.15) is 68.0 Å². The number of aromatic nitrogens is 1. The first-order chi connectivity index (χ1) is 9.50. The molecule has 2 atom stereocenters. The van der Waals surface area contributed by atoms with Crippen LogP contribution in [-0.4, -0.2) is 21.9 Å². The third kappa shape index (κ3) is 2.57. The molecule has 1 aromatic heterocycles. The highest BCUT2D eigenvalue weighted by Crippen LogP contribution is 2.40. The quantitative estimate of drug-likeness (QED) is 0.801. The second-order valence-electron chi connectivity index (χ2n) is 7.20. The minimum atomic E-state index is 0.119. The number of thioether (sulfide) groups is 1. The summed E-state index contributed by atoms with van der Waals surface area (Å²) in [6.07, 6.45) is 11.3. The fourth-order valence-corrected chi connectivity index (χ4v) is 4.71. The van der Waals surface area contributed by atoms with E-state index >= 15 is 0 Å². The maximum atomic E-state index is 12.3. The van der Waals surface area contributed by atoms with Crippen LogP contribution in [0.3, 0.4) is 0 Å². The first-order valence-corrected chi connectivity index (χ1v) is 9.05. The number of hydrogen-bond acceptors (Lipinski definition) is 2. The molecule has 1 heterocycles. The Balaban J connectivity index is 1.90. The summed E-state index contributed by atoms with van der Waals surface area (Å²) in [6.45, 7) is 4.44. The minimum Gasteiger partial charge on any atom is -0.348 e. The van der Waals surface area contributed by atoms with Gasteiger partial charge in [-0.3, -0.25) is 4.79 Å². The maximum absolute atomic E-state index is 12.3. The average Bonchev–Trinajstić information content (AvgIpc) is 2.81. The van der Waals surface area contributed by atoms with E-state index in [0.29, 0.717) is 18.2 Å². The van der Waals surface area contributed by atoms with Crippen LogP contribution < -0.4 is 0 Å². The van der Waals surface area contributed by atoms with E-state index in [4.69, 9.17) is 0 Å². The van der Waals surface area contributed by atoms with E-state index in [9.17, 15) is 4.79 Å². The highest BCUT2D eigenvalue weighted by Gasteiger charge is 2.34. The molecule has 0 N–H and O–H groups in total. The van der Waals surface area contributed by atoms with Gasteiger partial charge in [0.25, 0.3) is 0 Å². The molecule has 0 amide bonds. The first-order valence-electron chi connectivity index (χ1n) is 7.76. The molecule has 1 aromatic rings. The van der Waals surface area contributed by atoms with Gasteiger partial charge in [-0.05, 0) is 43.4 Å². The standard InChI is InChI=1S/C17H25NOS/c1-17(2)10-15-14(16(19)11-17)7-8-18(15)12-5-4-6-13(9-12)20-3/h7-8,12-13H,4-6,9-11H2,1-3H3. The number of ketones is 1. The van der Waals surface area contributed by atoms with Gasteiger partial charge in [0.15, 0.2) is 5.78 Å². The van der Waals surface area contributed by atoms with Crippen LogP contribution in [0.5, 0.6) is 0 Å². The lowest BCUT2D eigenvalue weighted by atomic mass is 9.76. The van der Waals surface area contributed by atoms with E-state index in [0.717, 1.165) is 17.2 Å².